The molecule has 1 aliphatic rings. The Kier molecular flexibility index (Phi) is 7.51. The highest BCUT2D eigenvalue weighted by Crippen LogP contribution is 2.23. The van der Waals surface area contributed by atoms with E-state index in [-0.39, 0.29) is 18.3 Å². The van der Waals surface area contributed by atoms with Gasteiger partial charge in [-0.3, -0.25) is 9.69 Å². The first-order valence-electron chi connectivity index (χ1n) is 6.90. The number of nitrogens with zero attached hydrogens (tertiary/aromatic N) is 2. The van der Waals surface area contributed by atoms with E-state index in [1.807, 2.05) is 4.90 Å². The van der Waals surface area contributed by atoms with Crippen molar-refractivity contribution in [2.45, 2.75) is 19.4 Å². The van der Waals surface area contributed by atoms with Crippen molar-refractivity contribution in [3.05, 3.63) is 22.4 Å². The number of piperazine rings is 1. The molecule has 2 rings (SSSR count). The molecule has 2 heterocycles. The molecule has 1 aromatic heterocycles. The molecule has 1 atom stereocenters. The highest BCUT2D eigenvalue weighted by atomic mass is 35.5. The van der Waals surface area contributed by atoms with Gasteiger partial charge in [0, 0.05) is 50.1 Å². The first kappa shape index (κ1) is 17.4. The third kappa shape index (κ3) is 4.74. The molecule has 0 saturated carbocycles. The molecular weight excluding hydrogens is 294 g/mol. The average molecular weight is 318 g/mol. The fourth-order valence-corrected chi connectivity index (χ4v) is 3.13. The van der Waals surface area contributed by atoms with Crippen molar-refractivity contribution in [2.75, 3.05) is 39.8 Å². The maximum Gasteiger partial charge on any atom is 0.223 e. The molecular formula is C14H24ClN3OS. The van der Waals surface area contributed by atoms with Crippen molar-refractivity contribution in [3.8, 4) is 0 Å². The standard InChI is InChI=1S/C14H23N3OS.ClH/c1-12(13-4-3-11-19-13)16(2)8-5-14(18)17-9-6-15-7-10-17;/h3-4,11-12,15H,5-10H2,1-2H3;1H. The van der Waals surface area contributed by atoms with Crippen LogP contribution in [-0.4, -0.2) is 55.5 Å². The number of rotatable bonds is 5. The maximum absolute atomic E-state index is 12.1. The first-order valence-corrected chi connectivity index (χ1v) is 7.78. The second-order valence-corrected chi connectivity index (χ2v) is 6.03. The van der Waals surface area contributed by atoms with Crippen LogP contribution in [0.3, 0.4) is 0 Å². The maximum atomic E-state index is 12.1. The molecule has 20 heavy (non-hydrogen) atoms. The third-order valence-corrected chi connectivity index (χ3v) is 4.81. The van der Waals surface area contributed by atoms with Crippen LogP contribution in [0.15, 0.2) is 17.5 Å². The number of nitrogens with one attached hydrogen (secondary N) is 1. The fourth-order valence-electron chi connectivity index (χ4n) is 2.28. The molecule has 1 N–H and O–H groups in total. The van der Waals surface area contributed by atoms with E-state index < -0.39 is 0 Å². The molecule has 0 radical (unpaired) electrons. The van der Waals surface area contributed by atoms with Gasteiger partial charge in [0.05, 0.1) is 0 Å². The van der Waals surface area contributed by atoms with Crippen molar-refractivity contribution in [3.63, 3.8) is 0 Å². The van der Waals surface area contributed by atoms with Gasteiger partial charge < -0.3 is 10.2 Å². The second-order valence-electron chi connectivity index (χ2n) is 5.05. The molecule has 6 heteroatoms. The smallest absolute Gasteiger partial charge is 0.223 e. The van der Waals surface area contributed by atoms with Crippen LogP contribution in [0.25, 0.3) is 0 Å². The van der Waals surface area contributed by atoms with Gasteiger partial charge in [0.15, 0.2) is 0 Å². The van der Waals surface area contributed by atoms with E-state index >= 15 is 0 Å². The Morgan fingerprint density at radius 2 is 2.20 bits per heavy atom. The molecule has 0 aliphatic carbocycles. The summed E-state index contributed by atoms with van der Waals surface area (Å²) in [6, 6.07) is 4.62. The second kappa shape index (κ2) is 8.62. The van der Waals surface area contributed by atoms with Crippen LogP contribution >= 0.6 is 23.7 Å². The Morgan fingerprint density at radius 3 is 2.80 bits per heavy atom. The predicted octanol–water partition coefficient (Wildman–Crippen LogP) is 1.98. The van der Waals surface area contributed by atoms with E-state index in [0.717, 1.165) is 32.7 Å². The molecule has 1 fully saturated rings. The van der Waals surface area contributed by atoms with Gasteiger partial charge in [0.25, 0.3) is 0 Å². The minimum absolute atomic E-state index is 0. The van der Waals surface area contributed by atoms with Crippen molar-refractivity contribution in [1.29, 1.82) is 0 Å². The van der Waals surface area contributed by atoms with E-state index in [1.165, 1.54) is 4.88 Å². The molecule has 4 nitrogen and oxygen atoms in total. The molecule has 0 bridgehead atoms. The monoisotopic (exact) mass is 317 g/mol. The van der Waals surface area contributed by atoms with Gasteiger partial charge in [-0.2, -0.15) is 0 Å². The van der Waals surface area contributed by atoms with Crippen molar-refractivity contribution < 1.29 is 4.79 Å². The molecule has 1 unspecified atom stereocenters. The SMILES string of the molecule is CC(c1cccs1)N(C)CCC(=O)N1CCNCC1.Cl. The van der Waals surface area contributed by atoms with Crippen LogP contribution in [0.4, 0.5) is 0 Å². The highest BCUT2D eigenvalue weighted by molar-refractivity contribution is 7.10. The summed E-state index contributed by atoms with van der Waals surface area (Å²) < 4.78 is 0. The van der Waals surface area contributed by atoms with Gasteiger partial charge in [0.2, 0.25) is 5.91 Å². The normalized spacial score (nSPS) is 16.9. The van der Waals surface area contributed by atoms with Crippen LogP contribution in [0.2, 0.25) is 0 Å². The van der Waals surface area contributed by atoms with Gasteiger partial charge in [0.1, 0.15) is 0 Å². The molecule has 1 saturated heterocycles. The lowest BCUT2D eigenvalue weighted by atomic mass is 10.2. The summed E-state index contributed by atoms with van der Waals surface area (Å²) in [5.41, 5.74) is 0. The van der Waals surface area contributed by atoms with E-state index in [4.69, 9.17) is 0 Å². The van der Waals surface area contributed by atoms with E-state index in [0.29, 0.717) is 12.5 Å². The van der Waals surface area contributed by atoms with Crippen LogP contribution in [0, 0.1) is 0 Å². The van der Waals surface area contributed by atoms with Gasteiger partial charge in [-0.25, -0.2) is 0 Å². The van der Waals surface area contributed by atoms with Gasteiger partial charge in [-0.1, -0.05) is 6.07 Å². The van der Waals surface area contributed by atoms with Crippen molar-refractivity contribution >= 4 is 29.7 Å². The number of amides is 1. The molecule has 1 amide bonds. The molecule has 0 aromatic carbocycles. The minimum atomic E-state index is 0. The number of halogens is 1. The van der Waals surface area contributed by atoms with Crippen LogP contribution in [0.5, 0.6) is 0 Å². The Bertz CT molecular complexity index is 393. The Morgan fingerprint density at radius 1 is 1.50 bits per heavy atom. The van der Waals surface area contributed by atoms with Gasteiger partial charge in [-0.05, 0) is 25.4 Å². The largest absolute Gasteiger partial charge is 0.340 e. The van der Waals surface area contributed by atoms with Crippen LogP contribution in [0.1, 0.15) is 24.3 Å². The molecule has 1 aromatic rings. The number of hydrogen-bond acceptors (Lipinski definition) is 4. The molecule has 0 spiro atoms. The number of carbonyl (C=O) groups is 1. The zero-order valence-corrected chi connectivity index (χ0v) is 13.8. The lowest BCUT2D eigenvalue weighted by molar-refractivity contribution is -0.132. The summed E-state index contributed by atoms with van der Waals surface area (Å²) in [5, 5.41) is 5.37. The average Bonchev–Trinajstić information content (AvgIpc) is 2.98. The first-order chi connectivity index (χ1) is 9.18. The zero-order valence-electron chi connectivity index (χ0n) is 12.2. The molecule has 114 valence electrons. The lowest BCUT2D eigenvalue weighted by Gasteiger charge is -2.29. The Balaban J connectivity index is 0.00000200. The van der Waals surface area contributed by atoms with Gasteiger partial charge in [-0.15, -0.1) is 23.7 Å². The minimum Gasteiger partial charge on any atom is -0.340 e. The Hall–Kier alpha value is -0.620. The van der Waals surface area contributed by atoms with Crippen molar-refractivity contribution in [1.82, 2.24) is 15.1 Å². The zero-order chi connectivity index (χ0) is 13.7. The van der Waals surface area contributed by atoms with E-state index in [1.54, 1.807) is 11.3 Å². The summed E-state index contributed by atoms with van der Waals surface area (Å²) in [5.74, 6) is 0.284. The summed E-state index contributed by atoms with van der Waals surface area (Å²) >= 11 is 1.78. The Labute approximate surface area is 131 Å². The lowest BCUT2D eigenvalue weighted by Crippen LogP contribution is -2.47. The highest BCUT2D eigenvalue weighted by Gasteiger charge is 2.18. The number of hydrogen-bond donors (Lipinski definition) is 1. The molecule has 1 aliphatic heterocycles. The van der Waals surface area contributed by atoms with E-state index in [2.05, 4.69) is 41.7 Å². The number of carbonyl (C=O) groups excluding carboxylic acids is 1. The quantitative estimate of drug-likeness (QED) is 0.902. The number of thiophene rings is 1. The topological polar surface area (TPSA) is 35.6 Å². The summed E-state index contributed by atoms with van der Waals surface area (Å²) in [4.78, 5) is 17.7. The predicted molar refractivity (Wildman–Crippen MR) is 86.7 cm³/mol. The van der Waals surface area contributed by atoms with Crippen LogP contribution in [-0.2, 0) is 4.79 Å². The summed E-state index contributed by atoms with van der Waals surface area (Å²) in [7, 11) is 2.09. The third-order valence-electron chi connectivity index (χ3n) is 3.76. The van der Waals surface area contributed by atoms with Crippen LogP contribution < -0.4 is 5.32 Å². The van der Waals surface area contributed by atoms with E-state index in [9.17, 15) is 4.79 Å². The fraction of sp³-hybridized carbons (Fsp3) is 0.643. The summed E-state index contributed by atoms with van der Waals surface area (Å²) in [6.45, 7) is 6.56. The van der Waals surface area contributed by atoms with Crippen molar-refractivity contribution in [2.24, 2.45) is 0 Å². The summed E-state index contributed by atoms with van der Waals surface area (Å²) in [6.07, 6.45) is 0.617. The van der Waals surface area contributed by atoms with Gasteiger partial charge >= 0.3 is 0 Å².